The molecule has 2 fully saturated rings. The third-order valence-electron chi connectivity index (χ3n) is 5.14. The normalized spacial score (nSPS) is 20.8. The number of likely N-dealkylation sites (tertiary alicyclic amines) is 1. The van der Waals surface area contributed by atoms with Crippen LogP contribution in [0.2, 0.25) is 0 Å². The van der Waals surface area contributed by atoms with E-state index in [4.69, 9.17) is 0 Å². The monoisotopic (exact) mass is 330 g/mol. The van der Waals surface area contributed by atoms with E-state index in [1.807, 2.05) is 36.9 Å². The van der Waals surface area contributed by atoms with Gasteiger partial charge in [0.1, 0.15) is 0 Å². The highest BCUT2D eigenvalue weighted by atomic mass is 16.2. The first-order chi connectivity index (χ1) is 11.5. The molecule has 3 amide bonds. The van der Waals surface area contributed by atoms with Crippen molar-refractivity contribution in [2.24, 2.45) is 5.41 Å². The second-order valence-corrected chi connectivity index (χ2v) is 7.27. The van der Waals surface area contributed by atoms with Gasteiger partial charge in [-0.05, 0) is 44.2 Å². The number of amides is 3. The van der Waals surface area contributed by atoms with E-state index >= 15 is 0 Å². The molecule has 2 aliphatic heterocycles. The lowest BCUT2D eigenvalue weighted by Gasteiger charge is -2.38. The van der Waals surface area contributed by atoms with Crippen molar-refractivity contribution in [3.8, 4) is 0 Å². The number of urea groups is 1. The zero-order chi connectivity index (χ0) is 17.2. The summed E-state index contributed by atoms with van der Waals surface area (Å²) in [6.45, 7) is 6.18. The quantitative estimate of drug-likeness (QED) is 0.885. The van der Waals surface area contributed by atoms with Gasteiger partial charge in [0, 0.05) is 49.9 Å². The van der Waals surface area contributed by atoms with E-state index in [0.29, 0.717) is 6.42 Å². The Balaban J connectivity index is 1.48. The van der Waals surface area contributed by atoms with Gasteiger partial charge in [-0.2, -0.15) is 0 Å². The van der Waals surface area contributed by atoms with Crippen molar-refractivity contribution in [3.63, 3.8) is 0 Å². The summed E-state index contributed by atoms with van der Waals surface area (Å²) >= 11 is 0. The molecule has 130 valence electrons. The first-order valence-electron chi connectivity index (χ1n) is 8.70. The van der Waals surface area contributed by atoms with Crippen LogP contribution >= 0.6 is 0 Å². The molecule has 1 atom stereocenters. The zero-order valence-corrected chi connectivity index (χ0v) is 14.5. The minimum absolute atomic E-state index is 0.0118. The lowest BCUT2D eigenvalue weighted by Crippen LogP contribution is -2.50. The first-order valence-corrected chi connectivity index (χ1v) is 8.70. The van der Waals surface area contributed by atoms with Crippen molar-refractivity contribution >= 4 is 11.9 Å². The van der Waals surface area contributed by atoms with Crippen molar-refractivity contribution in [2.45, 2.75) is 45.6 Å². The number of pyridine rings is 1. The summed E-state index contributed by atoms with van der Waals surface area (Å²) in [5.41, 5.74) is 2.06. The number of carbonyl (C=O) groups is 2. The van der Waals surface area contributed by atoms with Crippen LogP contribution in [0.1, 0.15) is 37.6 Å². The van der Waals surface area contributed by atoms with Crippen LogP contribution in [0.4, 0.5) is 4.79 Å². The Morgan fingerprint density at radius 1 is 1.42 bits per heavy atom. The Hall–Kier alpha value is -2.11. The fourth-order valence-corrected chi connectivity index (χ4v) is 3.67. The molecule has 0 aliphatic carbocycles. The molecule has 0 unspecified atom stereocenters. The maximum Gasteiger partial charge on any atom is 0.317 e. The van der Waals surface area contributed by atoms with Gasteiger partial charge in [0.2, 0.25) is 5.91 Å². The molecule has 0 saturated carbocycles. The average Bonchev–Trinajstić information content (AvgIpc) is 2.88. The topological polar surface area (TPSA) is 74.3 Å². The Morgan fingerprint density at radius 3 is 2.79 bits per heavy atom. The summed E-state index contributed by atoms with van der Waals surface area (Å²) < 4.78 is 0. The van der Waals surface area contributed by atoms with E-state index in [0.717, 1.165) is 50.3 Å². The molecule has 1 spiro atoms. The molecule has 2 saturated heterocycles. The maximum atomic E-state index is 12.4. The predicted octanol–water partition coefficient (Wildman–Crippen LogP) is 1.63. The lowest BCUT2D eigenvalue weighted by molar-refractivity contribution is -0.119. The highest BCUT2D eigenvalue weighted by molar-refractivity contribution is 5.79. The number of aryl methyl sites for hydroxylation is 1. The number of rotatable bonds is 3. The molecule has 3 rings (SSSR count). The zero-order valence-electron chi connectivity index (χ0n) is 14.5. The summed E-state index contributed by atoms with van der Waals surface area (Å²) in [4.78, 5) is 30.3. The van der Waals surface area contributed by atoms with E-state index in [1.165, 1.54) is 0 Å². The highest BCUT2D eigenvalue weighted by Gasteiger charge is 2.41. The summed E-state index contributed by atoms with van der Waals surface area (Å²) in [5, 5.41) is 5.99. The van der Waals surface area contributed by atoms with Crippen LogP contribution in [-0.4, -0.2) is 47.5 Å². The van der Waals surface area contributed by atoms with Gasteiger partial charge in [-0.3, -0.25) is 9.78 Å². The van der Waals surface area contributed by atoms with Crippen LogP contribution in [-0.2, 0) is 11.2 Å². The van der Waals surface area contributed by atoms with Crippen molar-refractivity contribution in [1.29, 1.82) is 0 Å². The van der Waals surface area contributed by atoms with Gasteiger partial charge in [-0.1, -0.05) is 6.07 Å². The molecular formula is C18H26N4O2. The summed E-state index contributed by atoms with van der Waals surface area (Å²) in [7, 11) is 0. The molecule has 6 heteroatoms. The Labute approximate surface area is 143 Å². The fraction of sp³-hybridized carbons (Fsp3) is 0.611. The van der Waals surface area contributed by atoms with Gasteiger partial charge < -0.3 is 15.5 Å². The van der Waals surface area contributed by atoms with Gasteiger partial charge in [0.15, 0.2) is 0 Å². The minimum Gasteiger partial charge on any atom is -0.356 e. The van der Waals surface area contributed by atoms with Gasteiger partial charge in [-0.25, -0.2) is 4.79 Å². The van der Waals surface area contributed by atoms with E-state index in [2.05, 4.69) is 15.6 Å². The molecular weight excluding hydrogens is 304 g/mol. The molecule has 1 aromatic rings. The van der Waals surface area contributed by atoms with Gasteiger partial charge in [-0.15, -0.1) is 0 Å². The smallest absolute Gasteiger partial charge is 0.317 e. The van der Waals surface area contributed by atoms with Crippen LogP contribution in [0, 0.1) is 12.3 Å². The van der Waals surface area contributed by atoms with E-state index in [-0.39, 0.29) is 23.4 Å². The molecule has 1 aromatic heterocycles. The van der Waals surface area contributed by atoms with Crippen molar-refractivity contribution in [1.82, 2.24) is 20.5 Å². The number of hydrogen-bond acceptors (Lipinski definition) is 3. The van der Waals surface area contributed by atoms with Crippen molar-refractivity contribution in [2.75, 3.05) is 19.6 Å². The largest absolute Gasteiger partial charge is 0.356 e. The fourth-order valence-electron chi connectivity index (χ4n) is 3.67. The van der Waals surface area contributed by atoms with Crippen molar-refractivity contribution in [3.05, 3.63) is 29.6 Å². The minimum atomic E-state index is -0.0118. The molecule has 0 radical (unpaired) electrons. The molecule has 0 aromatic carbocycles. The SMILES string of the molecule is Cc1cccc(C[C@H](C)NC(=O)N2CCC3(CC2)CNC(=O)C3)n1. The van der Waals surface area contributed by atoms with Gasteiger partial charge >= 0.3 is 6.03 Å². The van der Waals surface area contributed by atoms with Crippen LogP contribution in [0.25, 0.3) is 0 Å². The molecule has 6 nitrogen and oxygen atoms in total. The lowest BCUT2D eigenvalue weighted by atomic mass is 9.78. The second kappa shape index (κ2) is 6.79. The van der Waals surface area contributed by atoms with Gasteiger partial charge in [0.25, 0.3) is 0 Å². The molecule has 2 aliphatic rings. The highest BCUT2D eigenvalue weighted by Crippen LogP contribution is 2.37. The standard InChI is InChI=1S/C18H26N4O2/c1-13-4-3-5-15(20-13)10-14(2)21-17(24)22-8-6-18(7-9-22)11-16(23)19-12-18/h3-5,14H,6-12H2,1-2H3,(H,19,23)(H,21,24)/t14-/m0/s1. The van der Waals surface area contributed by atoms with E-state index < -0.39 is 0 Å². The first kappa shape index (κ1) is 16.7. The second-order valence-electron chi connectivity index (χ2n) is 7.27. The number of aromatic nitrogens is 1. The molecule has 2 N–H and O–H groups in total. The molecule has 0 bridgehead atoms. The average molecular weight is 330 g/mol. The van der Waals surface area contributed by atoms with Crippen molar-refractivity contribution < 1.29 is 9.59 Å². The molecule has 3 heterocycles. The Kier molecular flexibility index (Phi) is 4.73. The summed E-state index contributed by atoms with van der Waals surface area (Å²) in [6, 6.07) is 5.98. The number of nitrogens with zero attached hydrogens (tertiary/aromatic N) is 2. The molecule has 24 heavy (non-hydrogen) atoms. The van der Waals surface area contributed by atoms with Crippen LogP contribution in [0.15, 0.2) is 18.2 Å². The number of nitrogens with one attached hydrogen (secondary N) is 2. The maximum absolute atomic E-state index is 12.4. The Morgan fingerprint density at radius 2 is 2.17 bits per heavy atom. The third kappa shape index (κ3) is 3.86. The Bertz CT molecular complexity index is 623. The van der Waals surface area contributed by atoms with E-state index in [9.17, 15) is 9.59 Å². The number of piperidine rings is 1. The number of hydrogen-bond donors (Lipinski definition) is 2. The third-order valence-corrected chi connectivity index (χ3v) is 5.14. The van der Waals surface area contributed by atoms with Crippen LogP contribution in [0.3, 0.4) is 0 Å². The summed E-state index contributed by atoms with van der Waals surface area (Å²) in [6.07, 6.45) is 3.13. The summed E-state index contributed by atoms with van der Waals surface area (Å²) in [5.74, 6) is 0.146. The van der Waals surface area contributed by atoms with E-state index in [1.54, 1.807) is 0 Å². The van der Waals surface area contributed by atoms with Crippen LogP contribution in [0.5, 0.6) is 0 Å². The van der Waals surface area contributed by atoms with Crippen LogP contribution < -0.4 is 10.6 Å². The predicted molar refractivity (Wildman–Crippen MR) is 91.5 cm³/mol. The van der Waals surface area contributed by atoms with Gasteiger partial charge in [0.05, 0.1) is 0 Å². The number of carbonyl (C=O) groups excluding carboxylic acids is 2.